The van der Waals surface area contributed by atoms with Gasteiger partial charge in [0, 0.05) is 18.7 Å². The van der Waals surface area contributed by atoms with E-state index in [1.54, 1.807) is 13.2 Å². The number of ether oxygens (including phenoxy) is 1. The number of methoxy groups -OCH3 is 1. The molecule has 0 saturated carbocycles. The van der Waals surface area contributed by atoms with Crippen LogP contribution < -0.4 is 4.74 Å². The monoisotopic (exact) mass is 287 g/mol. The number of rotatable bonds is 5. The zero-order valence-electron chi connectivity index (χ0n) is 13.1. The van der Waals surface area contributed by atoms with Crippen LogP contribution in [0, 0.1) is 19.7 Å². The number of hydrogen-bond donors (Lipinski definition) is 0. The molecule has 0 atom stereocenters. The third kappa shape index (κ3) is 3.82. The molecule has 0 aromatic heterocycles. The number of aryl methyl sites for hydroxylation is 2. The summed E-state index contributed by atoms with van der Waals surface area (Å²) in [6.07, 6.45) is 0. The number of nitrogens with zero attached hydrogens (tertiary/aromatic N) is 1. The van der Waals surface area contributed by atoms with Crippen LogP contribution in [0.3, 0.4) is 0 Å². The van der Waals surface area contributed by atoms with E-state index in [0.29, 0.717) is 6.54 Å². The van der Waals surface area contributed by atoms with Gasteiger partial charge in [0.25, 0.3) is 0 Å². The Kier molecular flexibility index (Phi) is 4.97. The second-order valence-electron chi connectivity index (χ2n) is 5.53. The van der Waals surface area contributed by atoms with E-state index in [1.165, 1.54) is 11.6 Å². The molecule has 0 heterocycles. The van der Waals surface area contributed by atoms with Crippen LogP contribution in [0.25, 0.3) is 0 Å². The molecule has 0 N–H and O–H groups in total. The van der Waals surface area contributed by atoms with E-state index in [4.69, 9.17) is 4.74 Å². The van der Waals surface area contributed by atoms with Gasteiger partial charge in [0.05, 0.1) is 7.11 Å². The molecule has 3 heteroatoms. The molecule has 21 heavy (non-hydrogen) atoms. The van der Waals surface area contributed by atoms with Gasteiger partial charge in [-0.1, -0.05) is 30.3 Å². The first-order valence-electron chi connectivity index (χ1n) is 7.07. The van der Waals surface area contributed by atoms with Gasteiger partial charge in [-0.25, -0.2) is 4.39 Å². The highest BCUT2D eigenvalue weighted by Crippen LogP contribution is 2.25. The van der Waals surface area contributed by atoms with Crippen LogP contribution in [-0.2, 0) is 13.1 Å². The summed E-state index contributed by atoms with van der Waals surface area (Å²) in [5, 5.41) is 0. The average molecular weight is 287 g/mol. The normalized spacial score (nSPS) is 11.0. The highest BCUT2D eigenvalue weighted by Gasteiger charge is 2.09. The number of halogens is 1. The van der Waals surface area contributed by atoms with Crippen molar-refractivity contribution < 1.29 is 9.13 Å². The molecule has 0 fully saturated rings. The minimum atomic E-state index is -0.147. The van der Waals surface area contributed by atoms with Gasteiger partial charge in [-0.05, 0) is 43.7 Å². The molecule has 0 amide bonds. The van der Waals surface area contributed by atoms with E-state index in [1.807, 2.05) is 33.0 Å². The fourth-order valence-corrected chi connectivity index (χ4v) is 2.74. The lowest BCUT2D eigenvalue weighted by atomic mass is 10.1. The van der Waals surface area contributed by atoms with Gasteiger partial charge in [0.15, 0.2) is 0 Å². The summed E-state index contributed by atoms with van der Waals surface area (Å²) in [5.74, 6) is 0.793. The topological polar surface area (TPSA) is 12.5 Å². The SMILES string of the molecule is COc1c(C)cc(CN(C)Cc2ccccc2F)cc1C. The maximum Gasteiger partial charge on any atom is 0.127 e. The molecule has 2 rings (SSSR count). The third-order valence-electron chi connectivity index (χ3n) is 3.57. The van der Waals surface area contributed by atoms with E-state index in [9.17, 15) is 4.39 Å². The lowest BCUT2D eigenvalue weighted by Gasteiger charge is -2.19. The zero-order chi connectivity index (χ0) is 15.4. The first kappa shape index (κ1) is 15.5. The molecule has 0 spiro atoms. The molecular weight excluding hydrogens is 265 g/mol. The summed E-state index contributed by atoms with van der Waals surface area (Å²) in [5.41, 5.74) is 4.20. The van der Waals surface area contributed by atoms with E-state index >= 15 is 0 Å². The lowest BCUT2D eigenvalue weighted by molar-refractivity contribution is 0.313. The molecular formula is C18H22FNO. The quantitative estimate of drug-likeness (QED) is 0.821. The predicted octanol–water partition coefficient (Wildman–Crippen LogP) is 4.08. The van der Waals surface area contributed by atoms with Gasteiger partial charge in [-0.2, -0.15) is 0 Å². The van der Waals surface area contributed by atoms with Crippen molar-refractivity contribution in [2.24, 2.45) is 0 Å². The van der Waals surface area contributed by atoms with Gasteiger partial charge in [0.2, 0.25) is 0 Å². The predicted molar refractivity (Wildman–Crippen MR) is 84.0 cm³/mol. The van der Waals surface area contributed by atoms with Crippen molar-refractivity contribution in [3.63, 3.8) is 0 Å². The van der Waals surface area contributed by atoms with Crippen LogP contribution in [0.2, 0.25) is 0 Å². The third-order valence-corrected chi connectivity index (χ3v) is 3.57. The molecule has 112 valence electrons. The molecule has 0 radical (unpaired) electrons. The van der Waals surface area contributed by atoms with Crippen molar-refractivity contribution in [1.82, 2.24) is 4.90 Å². The van der Waals surface area contributed by atoms with Crippen molar-refractivity contribution >= 4 is 0 Å². The highest BCUT2D eigenvalue weighted by molar-refractivity contribution is 5.43. The van der Waals surface area contributed by atoms with E-state index < -0.39 is 0 Å². The maximum atomic E-state index is 13.7. The van der Waals surface area contributed by atoms with Crippen molar-refractivity contribution in [3.8, 4) is 5.75 Å². The summed E-state index contributed by atoms with van der Waals surface area (Å²) in [6.45, 7) is 5.47. The van der Waals surface area contributed by atoms with Gasteiger partial charge < -0.3 is 4.74 Å². The van der Waals surface area contributed by atoms with Crippen LogP contribution in [0.4, 0.5) is 4.39 Å². The molecule has 2 aromatic carbocycles. The van der Waals surface area contributed by atoms with E-state index in [0.717, 1.165) is 29.0 Å². The molecule has 0 bridgehead atoms. The Morgan fingerprint density at radius 1 is 1.05 bits per heavy atom. The Bertz CT molecular complexity index is 601. The zero-order valence-corrected chi connectivity index (χ0v) is 13.1. The minimum absolute atomic E-state index is 0.147. The van der Waals surface area contributed by atoms with Crippen molar-refractivity contribution in [2.75, 3.05) is 14.2 Å². The summed E-state index contributed by atoms with van der Waals surface area (Å²) >= 11 is 0. The fraction of sp³-hybridized carbons (Fsp3) is 0.333. The van der Waals surface area contributed by atoms with E-state index in [-0.39, 0.29) is 5.82 Å². The molecule has 0 saturated heterocycles. The maximum absolute atomic E-state index is 13.7. The largest absolute Gasteiger partial charge is 0.496 e. The molecule has 0 unspecified atom stereocenters. The molecule has 0 aliphatic heterocycles. The van der Waals surface area contributed by atoms with Crippen LogP contribution in [0.15, 0.2) is 36.4 Å². The first-order chi connectivity index (χ1) is 10.0. The standard InChI is InChI=1S/C18H22FNO/c1-13-9-15(10-14(2)18(13)21-4)11-20(3)12-16-7-5-6-8-17(16)19/h5-10H,11-12H2,1-4H3. The van der Waals surface area contributed by atoms with Gasteiger partial charge in [-0.3, -0.25) is 4.90 Å². The summed E-state index contributed by atoms with van der Waals surface area (Å²) in [6, 6.07) is 11.2. The Morgan fingerprint density at radius 3 is 2.24 bits per heavy atom. The average Bonchev–Trinajstić information content (AvgIpc) is 2.41. The van der Waals surface area contributed by atoms with Crippen LogP contribution >= 0.6 is 0 Å². The van der Waals surface area contributed by atoms with Crippen molar-refractivity contribution in [2.45, 2.75) is 26.9 Å². The fourth-order valence-electron chi connectivity index (χ4n) is 2.74. The van der Waals surface area contributed by atoms with Gasteiger partial charge in [0.1, 0.15) is 11.6 Å². The summed E-state index contributed by atoms with van der Waals surface area (Å²) < 4.78 is 19.1. The second-order valence-corrected chi connectivity index (χ2v) is 5.53. The molecule has 0 aliphatic rings. The van der Waals surface area contributed by atoms with Gasteiger partial charge >= 0.3 is 0 Å². The Morgan fingerprint density at radius 2 is 1.67 bits per heavy atom. The number of benzene rings is 2. The van der Waals surface area contributed by atoms with Gasteiger partial charge in [-0.15, -0.1) is 0 Å². The second kappa shape index (κ2) is 6.72. The molecule has 2 aromatic rings. The van der Waals surface area contributed by atoms with Crippen molar-refractivity contribution in [1.29, 1.82) is 0 Å². The Balaban J connectivity index is 2.10. The molecule has 0 aliphatic carbocycles. The molecule has 2 nitrogen and oxygen atoms in total. The summed E-state index contributed by atoms with van der Waals surface area (Å²) in [4.78, 5) is 2.11. The lowest BCUT2D eigenvalue weighted by Crippen LogP contribution is -2.18. The van der Waals surface area contributed by atoms with Crippen molar-refractivity contribution in [3.05, 3.63) is 64.5 Å². The van der Waals surface area contributed by atoms with Crippen LogP contribution in [0.1, 0.15) is 22.3 Å². The Labute approximate surface area is 126 Å². The highest BCUT2D eigenvalue weighted by atomic mass is 19.1. The van der Waals surface area contributed by atoms with Crippen LogP contribution in [-0.4, -0.2) is 19.1 Å². The van der Waals surface area contributed by atoms with Crippen LogP contribution in [0.5, 0.6) is 5.75 Å². The smallest absolute Gasteiger partial charge is 0.127 e. The van der Waals surface area contributed by atoms with E-state index in [2.05, 4.69) is 17.0 Å². The first-order valence-corrected chi connectivity index (χ1v) is 7.07. The number of hydrogen-bond acceptors (Lipinski definition) is 2. The Hall–Kier alpha value is -1.87. The summed E-state index contributed by atoms with van der Waals surface area (Å²) in [7, 11) is 3.70. The minimum Gasteiger partial charge on any atom is -0.496 e.